The third-order valence-electron chi connectivity index (χ3n) is 5.92. The number of aromatic nitrogens is 4. The molecule has 10 nitrogen and oxygen atoms in total. The maximum atomic E-state index is 12.8. The predicted octanol–water partition coefficient (Wildman–Crippen LogP) is 2.15. The average molecular weight is 429 g/mol. The third-order valence-corrected chi connectivity index (χ3v) is 5.92. The summed E-state index contributed by atoms with van der Waals surface area (Å²) in [6, 6.07) is 4.40. The number of carbonyl (C=O) groups is 1. The number of hydrogen-bond acceptors (Lipinski definition) is 8. The number of rotatable bonds is 7. The summed E-state index contributed by atoms with van der Waals surface area (Å²) >= 11 is 0. The van der Waals surface area contributed by atoms with Crippen LogP contribution in [0.1, 0.15) is 37.8 Å². The van der Waals surface area contributed by atoms with Gasteiger partial charge in [0, 0.05) is 36.0 Å². The molecule has 0 aromatic carbocycles. The Kier molecular flexibility index (Phi) is 6.26. The lowest BCUT2D eigenvalue weighted by Crippen LogP contribution is -2.58. The van der Waals surface area contributed by atoms with Gasteiger partial charge in [0.2, 0.25) is 17.7 Å². The van der Waals surface area contributed by atoms with Gasteiger partial charge in [-0.1, -0.05) is 0 Å². The summed E-state index contributed by atoms with van der Waals surface area (Å²) in [4.78, 5) is 26.0. The number of carbonyl (C=O) groups excluding carboxylic acids is 1. The highest BCUT2D eigenvalue weighted by Crippen LogP contribution is 2.35. The molecule has 2 saturated heterocycles. The number of fused-ring (bicyclic) bond motifs is 2. The van der Waals surface area contributed by atoms with Crippen molar-refractivity contribution in [2.24, 2.45) is 0 Å². The molecule has 0 spiro atoms. The van der Waals surface area contributed by atoms with Gasteiger partial charge in [-0.3, -0.25) is 9.89 Å². The van der Waals surface area contributed by atoms with E-state index in [2.05, 4.69) is 35.7 Å². The molecular weight excluding hydrogens is 396 g/mol. The van der Waals surface area contributed by atoms with E-state index in [4.69, 9.17) is 4.74 Å². The second-order valence-electron chi connectivity index (χ2n) is 8.77. The van der Waals surface area contributed by atoms with Crippen LogP contribution in [0.5, 0.6) is 5.88 Å². The molecule has 3 atom stereocenters. The average Bonchev–Trinajstić information content (AvgIpc) is 3.11. The number of hydrogen-bond donors (Lipinski definition) is 3. The van der Waals surface area contributed by atoms with Crippen LogP contribution in [0.15, 0.2) is 12.1 Å². The smallest absolute Gasteiger partial charge is 0.237 e. The first-order valence-electron chi connectivity index (χ1n) is 10.9. The van der Waals surface area contributed by atoms with E-state index in [9.17, 15) is 4.79 Å². The molecule has 4 heterocycles. The first-order chi connectivity index (χ1) is 14.9. The lowest BCUT2D eigenvalue weighted by Gasteiger charge is -2.49. The first kappa shape index (κ1) is 21.4. The number of nitrogens with one attached hydrogen (secondary N) is 3. The number of aromatic amines is 1. The van der Waals surface area contributed by atoms with Crippen LogP contribution >= 0.6 is 0 Å². The summed E-state index contributed by atoms with van der Waals surface area (Å²) in [5.74, 6) is 2.53. The molecule has 2 aromatic rings. The Hall–Kier alpha value is -2.88. The van der Waals surface area contributed by atoms with Crippen molar-refractivity contribution in [3.8, 4) is 5.88 Å². The summed E-state index contributed by atoms with van der Waals surface area (Å²) in [7, 11) is 5.48. The zero-order valence-corrected chi connectivity index (χ0v) is 18.7. The second-order valence-corrected chi connectivity index (χ2v) is 8.77. The molecule has 2 aliphatic heterocycles. The summed E-state index contributed by atoms with van der Waals surface area (Å²) in [6.07, 6.45) is 5.09. The van der Waals surface area contributed by atoms with Crippen LogP contribution in [-0.2, 0) is 4.79 Å². The number of likely N-dealkylation sites (N-methyl/N-ethyl adjacent to an activating group) is 1. The van der Waals surface area contributed by atoms with Crippen molar-refractivity contribution in [3.05, 3.63) is 17.8 Å². The predicted molar refractivity (Wildman–Crippen MR) is 119 cm³/mol. The highest BCUT2D eigenvalue weighted by atomic mass is 16.5. The van der Waals surface area contributed by atoms with Crippen molar-refractivity contribution in [1.82, 2.24) is 30.0 Å². The fraction of sp³-hybridized carbons (Fsp3) is 0.619. The van der Waals surface area contributed by atoms with Gasteiger partial charge in [0.1, 0.15) is 5.82 Å². The van der Waals surface area contributed by atoms with Gasteiger partial charge in [0.15, 0.2) is 5.82 Å². The summed E-state index contributed by atoms with van der Waals surface area (Å²) in [5, 5.41) is 13.8. The molecule has 4 rings (SSSR count). The van der Waals surface area contributed by atoms with Crippen LogP contribution in [-0.4, -0.2) is 81.7 Å². The van der Waals surface area contributed by atoms with Crippen LogP contribution in [0.25, 0.3) is 0 Å². The molecule has 0 aliphatic carbocycles. The SMILES string of the molecule is COc1cc(Nc2cc(C)[nH]n2)nc(N[C@@H]2C[C@H]3CCC[C@@H](C2)N3C(=O)CN(C)C)n1. The van der Waals surface area contributed by atoms with Crippen molar-refractivity contribution in [2.45, 2.75) is 57.2 Å². The number of anilines is 3. The number of ether oxygens (including phenoxy) is 1. The van der Waals surface area contributed by atoms with E-state index in [1.54, 1.807) is 13.2 Å². The minimum absolute atomic E-state index is 0.214. The lowest BCUT2D eigenvalue weighted by atomic mass is 9.81. The van der Waals surface area contributed by atoms with Crippen LogP contribution in [0.2, 0.25) is 0 Å². The van der Waals surface area contributed by atoms with Crippen molar-refractivity contribution in [2.75, 3.05) is 38.4 Å². The maximum Gasteiger partial charge on any atom is 0.237 e. The van der Waals surface area contributed by atoms with Gasteiger partial charge in [0.05, 0.1) is 13.7 Å². The molecule has 31 heavy (non-hydrogen) atoms. The Bertz CT molecular complexity index is 901. The molecule has 0 radical (unpaired) electrons. The number of amides is 1. The molecule has 2 fully saturated rings. The van der Waals surface area contributed by atoms with E-state index >= 15 is 0 Å². The van der Waals surface area contributed by atoms with Gasteiger partial charge in [0.25, 0.3) is 0 Å². The Morgan fingerprint density at radius 1 is 1.23 bits per heavy atom. The standard InChI is InChI=1S/C21H32N8O2/c1-13-8-18(27-26-13)23-17-11-19(31-4)25-21(24-17)22-14-9-15-6-5-7-16(10-14)29(15)20(30)12-28(2)3/h8,11,14-16H,5-7,9-10,12H2,1-4H3,(H3,22,23,24,25,26,27)/t14-,15-,16+. The molecule has 168 valence electrons. The minimum Gasteiger partial charge on any atom is -0.481 e. The number of nitrogens with zero attached hydrogens (tertiary/aromatic N) is 5. The van der Waals surface area contributed by atoms with Crippen molar-refractivity contribution in [1.29, 1.82) is 0 Å². The summed E-state index contributed by atoms with van der Waals surface area (Å²) in [6.45, 7) is 2.41. The van der Waals surface area contributed by atoms with Gasteiger partial charge < -0.3 is 25.2 Å². The molecular formula is C21H32N8O2. The van der Waals surface area contributed by atoms with Gasteiger partial charge in [-0.05, 0) is 53.1 Å². The topological polar surface area (TPSA) is 111 Å². The number of H-pyrrole nitrogens is 1. The molecule has 0 unspecified atom stereocenters. The van der Waals surface area contributed by atoms with E-state index in [-0.39, 0.29) is 24.0 Å². The second kappa shape index (κ2) is 9.09. The lowest BCUT2D eigenvalue weighted by molar-refractivity contribution is -0.141. The van der Waals surface area contributed by atoms with E-state index in [0.717, 1.165) is 31.4 Å². The summed E-state index contributed by atoms with van der Waals surface area (Å²) < 4.78 is 5.37. The highest BCUT2D eigenvalue weighted by Gasteiger charge is 2.40. The third kappa shape index (κ3) is 5.07. The van der Waals surface area contributed by atoms with Crippen LogP contribution < -0.4 is 15.4 Å². The molecule has 2 aromatic heterocycles. The van der Waals surface area contributed by atoms with Gasteiger partial charge >= 0.3 is 0 Å². The van der Waals surface area contributed by atoms with E-state index in [0.29, 0.717) is 30.0 Å². The molecule has 3 N–H and O–H groups in total. The van der Waals surface area contributed by atoms with Crippen LogP contribution in [0.4, 0.5) is 17.6 Å². The summed E-state index contributed by atoms with van der Waals surface area (Å²) in [5.41, 5.74) is 0.962. The van der Waals surface area contributed by atoms with Gasteiger partial charge in [-0.2, -0.15) is 15.1 Å². The first-order valence-corrected chi connectivity index (χ1v) is 10.9. The molecule has 1 amide bonds. The minimum atomic E-state index is 0.214. The van der Waals surface area contributed by atoms with Crippen molar-refractivity contribution in [3.63, 3.8) is 0 Å². The fourth-order valence-electron chi connectivity index (χ4n) is 4.71. The number of piperidine rings is 2. The Morgan fingerprint density at radius 2 is 1.97 bits per heavy atom. The number of methoxy groups -OCH3 is 1. The van der Waals surface area contributed by atoms with Crippen LogP contribution in [0, 0.1) is 6.92 Å². The Balaban J connectivity index is 1.47. The largest absolute Gasteiger partial charge is 0.481 e. The zero-order chi connectivity index (χ0) is 22.0. The van der Waals surface area contributed by atoms with E-state index < -0.39 is 0 Å². The fourth-order valence-corrected chi connectivity index (χ4v) is 4.71. The van der Waals surface area contributed by atoms with E-state index in [1.165, 1.54) is 6.42 Å². The van der Waals surface area contributed by atoms with E-state index in [1.807, 2.05) is 32.0 Å². The Morgan fingerprint density at radius 3 is 2.58 bits per heavy atom. The maximum absolute atomic E-state index is 12.8. The highest BCUT2D eigenvalue weighted by molar-refractivity contribution is 5.79. The van der Waals surface area contributed by atoms with Crippen molar-refractivity contribution >= 4 is 23.5 Å². The molecule has 0 saturated carbocycles. The van der Waals surface area contributed by atoms with Gasteiger partial charge in [-0.15, -0.1) is 0 Å². The molecule has 2 aliphatic rings. The zero-order valence-electron chi connectivity index (χ0n) is 18.7. The molecule has 2 bridgehead atoms. The van der Waals surface area contributed by atoms with Crippen LogP contribution in [0.3, 0.4) is 0 Å². The van der Waals surface area contributed by atoms with Crippen molar-refractivity contribution < 1.29 is 9.53 Å². The normalized spacial score (nSPS) is 23.0. The molecule has 10 heteroatoms. The quantitative estimate of drug-likeness (QED) is 0.615. The Labute approximate surface area is 182 Å². The monoisotopic (exact) mass is 428 g/mol. The number of aryl methyl sites for hydroxylation is 1. The van der Waals surface area contributed by atoms with Gasteiger partial charge in [-0.25, -0.2) is 0 Å².